The average molecular weight is 427 g/mol. The Labute approximate surface area is 174 Å². The summed E-state index contributed by atoms with van der Waals surface area (Å²) in [7, 11) is 0. The number of fused-ring (bicyclic) bond motifs is 1. The van der Waals surface area contributed by atoms with E-state index in [1.54, 1.807) is 30.5 Å². The monoisotopic (exact) mass is 426 g/mol. The summed E-state index contributed by atoms with van der Waals surface area (Å²) in [6, 6.07) is 14.0. The van der Waals surface area contributed by atoms with Gasteiger partial charge in [-0.25, -0.2) is 9.97 Å². The van der Waals surface area contributed by atoms with Gasteiger partial charge < -0.3 is 10.6 Å². The summed E-state index contributed by atoms with van der Waals surface area (Å²) in [6.07, 6.45) is 2.87. The molecule has 0 spiro atoms. The fourth-order valence-electron chi connectivity index (χ4n) is 2.79. The number of hydrogen-bond donors (Lipinski definition) is 2. The molecule has 0 bridgehead atoms. The quantitative estimate of drug-likeness (QED) is 0.310. The van der Waals surface area contributed by atoms with Gasteiger partial charge >= 0.3 is 5.69 Å². The van der Waals surface area contributed by atoms with E-state index < -0.39 is 4.92 Å². The van der Waals surface area contributed by atoms with Gasteiger partial charge in [-0.3, -0.25) is 15.1 Å². The van der Waals surface area contributed by atoms with Crippen LogP contribution in [0, 0.1) is 10.1 Å². The van der Waals surface area contributed by atoms with Gasteiger partial charge in [-0.15, -0.1) is 0 Å². The molecule has 29 heavy (non-hydrogen) atoms. The Kier molecular flexibility index (Phi) is 5.11. The molecule has 0 fully saturated rings. The van der Waals surface area contributed by atoms with Gasteiger partial charge in [0.25, 0.3) is 0 Å². The third kappa shape index (κ3) is 3.89. The highest BCUT2D eigenvalue weighted by Crippen LogP contribution is 2.36. The minimum absolute atomic E-state index is 0.0174. The molecule has 2 N–H and O–H groups in total. The standard InChI is InChI=1S/C19H12Cl2N6O2/c20-12-6-7-13(21)15(9-12)26-19-17(27(28)29)18(23-10-24-19)25-14-5-1-3-11-4-2-8-22-16(11)14/h1-10H,(H2,23,24,25,26). The van der Waals surface area contributed by atoms with E-state index in [-0.39, 0.29) is 17.3 Å². The van der Waals surface area contributed by atoms with Crippen molar-refractivity contribution in [2.75, 3.05) is 10.6 Å². The van der Waals surface area contributed by atoms with Crippen molar-refractivity contribution in [2.24, 2.45) is 0 Å². The second kappa shape index (κ2) is 7.86. The molecule has 8 nitrogen and oxygen atoms in total. The molecule has 2 aromatic carbocycles. The van der Waals surface area contributed by atoms with E-state index in [4.69, 9.17) is 23.2 Å². The van der Waals surface area contributed by atoms with Crippen molar-refractivity contribution in [3.05, 3.63) is 81.2 Å². The maximum atomic E-state index is 11.8. The molecule has 0 saturated carbocycles. The maximum Gasteiger partial charge on any atom is 0.353 e. The first kappa shape index (κ1) is 18.9. The van der Waals surface area contributed by atoms with Crippen molar-refractivity contribution < 1.29 is 4.92 Å². The van der Waals surface area contributed by atoms with Crippen LogP contribution in [0.25, 0.3) is 10.9 Å². The van der Waals surface area contributed by atoms with Gasteiger partial charge in [0.15, 0.2) is 0 Å². The Morgan fingerprint density at radius 1 is 0.897 bits per heavy atom. The third-order valence-electron chi connectivity index (χ3n) is 4.07. The number of pyridine rings is 1. The Morgan fingerprint density at radius 2 is 1.62 bits per heavy atom. The third-order valence-corrected chi connectivity index (χ3v) is 4.64. The average Bonchev–Trinajstić information content (AvgIpc) is 2.71. The van der Waals surface area contributed by atoms with Crippen LogP contribution in [-0.2, 0) is 0 Å². The second-order valence-electron chi connectivity index (χ2n) is 5.93. The van der Waals surface area contributed by atoms with Crippen LogP contribution < -0.4 is 10.6 Å². The molecule has 10 heteroatoms. The lowest BCUT2D eigenvalue weighted by Crippen LogP contribution is -2.06. The first-order chi connectivity index (χ1) is 14.0. The van der Waals surface area contributed by atoms with E-state index >= 15 is 0 Å². The van der Waals surface area contributed by atoms with Crippen LogP contribution in [-0.4, -0.2) is 19.9 Å². The Morgan fingerprint density at radius 3 is 2.38 bits per heavy atom. The van der Waals surface area contributed by atoms with Gasteiger partial charge in [0.05, 0.1) is 26.8 Å². The highest BCUT2D eigenvalue weighted by atomic mass is 35.5. The van der Waals surface area contributed by atoms with Crippen LogP contribution in [0.3, 0.4) is 0 Å². The Bertz CT molecular complexity index is 1230. The van der Waals surface area contributed by atoms with Crippen molar-refractivity contribution in [2.45, 2.75) is 0 Å². The number of nitrogens with zero attached hydrogens (tertiary/aromatic N) is 4. The second-order valence-corrected chi connectivity index (χ2v) is 6.78. The van der Waals surface area contributed by atoms with Gasteiger partial charge in [0, 0.05) is 16.6 Å². The number of nitro groups is 1. The zero-order chi connectivity index (χ0) is 20.4. The summed E-state index contributed by atoms with van der Waals surface area (Å²) in [5, 5.41) is 19.3. The molecule has 0 saturated heterocycles. The number of nitrogens with one attached hydrogen (secondary N) is 2. The van der Waals surface area contributed by atoms with Crippen LogP contribution in [0.1, 0.15) is 0 Å². The number of benzene rings is 2. The molecule has 2 aromatic heterocycles. The van der Waals surface area contributed by atoms with Crippen LogP contribution in [0.15, 0.2) is 61.1 Å². The highest BCUT2D eigenvalue weighted by Gasteiger charge is 2.24. The van der Waals surface area contributed by atoms with Crippen molar-refractivity contribution in [1.82, 2.24) is 15.0 Å². The first-order valence-corrected chi connectivity index (χ1v) is 9.11. The molecule has 2 heterocycles. The van der Waals surface area contributed by atoms with Gasteiger partial charge in [-0.1, -0.05) is 41.4 Å². The predicted molar refractivity (Wildman–Crippen MR) is 113 cm³/mol. The van der Waals surface area contributed by atoms with E-state index in [9.17, 15) is 10.1 Å². The summed E-state index contributed by atoms with van der Waals surface area (Å²) in [5.41, 5.74) is 1.29. The van der Waals surface area contributed by atoms with Crippen LogP contribution in [0.4, 0.5) is 28.7 Å². The lowest BCUT2D eigenvalue weighted by atomic mass is 10.2. The molecule has 144 valence electrons. The van der Waals surface area contributed by atoms with Crippen molar-refractivity contribution >= 4 is 62.8 Å². The van der Waals surface area contributed by atoms with Crippen molar-refractivity contribution in [3.8, 4) is 0 Å². The molecule has 0 aliphatic rings. The number of halogens is 2. The lowest BCUT2D eigenvalue weighted by Gasteiger charge is -2.12. The van der Waals surface area contributed by atoms with E-state index in [2.05, 4.69) is 25.6 Å². The molecule has 0 aliphatic heterocycles. The van der Waals surface area contributed by atoms with E-state index in [0.29, 0.717) is 26.9 Å². The zero-order valence-corrected chi connectivity index (χ0v) is 16.1. The minimum Gasteiger partial charge on any atom is -0.333 e. The molecule has 0 atom stereocenters. The molecule has 4 aromatic rings. The SMILES string of the molecule is O=[N+]([O-])c1c(Nc2cc(Cl)ccc2Cl)ncnc1Nc1cccc2cccnc12. The maximum absolute atomic E-state index is 11.8. The normalized spacial score (nSPS) is 10.7. The highest BCUT2D eigenvalue weighted by molar-refractivity contribution is 6.35. The van der Waals surface area contributed by atoms with Gasteiger partial charge in [-0.05, 0) is 30.3 Å². The lowest BCUT2D eigenvalue weighted by molar-refractivity contribution is -0.383. The Balaban J connectivity index is 1.77. The summed E-state index contributed by atoms with van der Waals surface area (Å²) < 4.78 is 0. The molecule has 0 unspecified atom stereocenters. The Hall–Kier alpha value is -3.49. The summed E-state index contributed by atoms with van der Waals surface area (Å²) in [4.78, 5) is 23.6. The van der Waals surface area contributed by atoms with Crippen molar-refractivity contribution in [1.29, 1.82) is 0 Å². The number of rotatable bonds is 5. The molecular formula is C19H12Cl2N6O2. The number of para-hydroxylation sites is 1. The van der Waals surface area contributed by atoms with Gasteiger partial charge in [0.1, 0.15) is 6.33 Å². The van der Waals surface area contributed by atoms with E-state index in [0.717, 1.165) is 5.39 Å². The summed E-state index contributed by atoms with van der Waals surface area (Å²) >= 11 is 12.1. The summed E-state index contributed by atoms with van der Waals surface area (Å²) in [6.45, 7) is 0. The van der Waals surface area contributed by atoms with Crippen LogP contribution in [0.2, 0.25) is 10.0 Å². The van der Waals surface area contributed by atoms with Crippen molar-refractivity contribution in [3.63, 3.8) is 0 Å². The molecule has 0 aliphatic carbocycles. The zero-order valence-electron chi connectivity index (χ0n) is 14.6. The largest absolute Gasteiger partial charge is 0.353 e. The van der Waals surface area contributed by atoms with E-state index in [1.807, 2.05) is 24.3 Å². The van der Waals surface area contributed by atoms with Gasteiger partial charge in [-0.2, -0.15) is 0 Å². The topological polar surface area (TPSA) is 106 Å². The van der Waals surface area contributed by atoms with E-state index in [1.165, 1.54) is 6.33 Å². The first-order valence-electron chi connectivity index (χ1n) is 8.35. The van der Waals surface area contributed by atoms with Gasteiger partial charge in [0.2, 0.25) is 11.6 Å². The molecular weight excluding hydrogens is 415 g/mol. The fraction of sp³-hybridized carbons (Fsp3) is 0. The predicted octanol–water partition coefficient (Wildman–Crippen LogP) is 5.73. The number of hydrogen-bond acceptors (Lipinski definition) is 7. The molecule has 0 amide bonds. The molecule has 0 radical (unpaired) electrons. The smallest absolute Gasteiger partial charge is 0.333 e. The number of aromatic nitrogens is 3. The van der Waals surface area contributed by atoms with Crippen LogP contribution >= 0.6 is 23.2 Å². The minimum atomic E-state index is -0.568. The number of anilines is 4. The molecule has 4 rings (SSSR count). The summed E-state index contributed by atoms with van der Waals surface area (Å²) in [5.74, 6) is -0.00586. The fourth-order valence-corrected chi connectivity index (χ4v) is 3.13. The van der Waals surface area contributed by atoms with Crippen LogP contribution in [0.5, 0.6) is 0 Å².